The van der Waals surface area contributed by atoms with Crippen LogP contribution in [0.1, 0.15) is 32.0 Å². The number of hydrogen-bond donors (Lipinski definition) is 1. The standard InChI is InChI=1S/C18H23N3O2/c1-18(2,3)23-17(22)21-10-9-15-14(12-21)11-16(20-19-15)13-7-5-4-6-8-13/h4-8,11,17,22H,9-10,12H2,1-3H3. The minimum absolute atomic E-state index is 0.384. The fourth-order valence-electron chi connectivity index (χ4n) is 2.68. The summed E-state index contributed by atoms with van der Waals surface area (Å²) in [5.41, 5.74) is 3.63. The molecule has 0 fully saturated rings. The second kappa shape index (κ2) is 6.35. The fraction of sp³-hybridized carbons (Fsp3) is 0.444. The maximum absolute atomic E-state index is 10.3. The highest BCUT2D eigenvalue weighted by molar-refractivity contribution is 5.59. The quantitative estimate of drug-likeness (QED) is 0.883. The van der Waals surface area contributed by atoms with E-state index in [0.29, 0.717) is 13.1 Å². The van der Waals surface area contributed by atoms with Gasteiger partial charge in [0.2, 0.25) is 6.41 Å². The van der Waals surface area contributed by atoms with Gasteiger partial charge in [0.25, 0.3) is 0 Å². The van der Waals surface area contributed by atoms with Crippen LogP contribution in [0.25, 0.3) is 11.3 Å². The van der Waals surface area contributed by atoms with Gasteiger partial charge in [0, 0.05) is 25.1 Å². The van der Waals surface area contributed by atoms with Crippen LogP contribution in [0, 0.1) is 0 Å². The summed E-state index contributed by atoms with van der Waals surface area (Å²) in [4.78, 5) is 1.92. The minimum Gasteiger partial charge on any atom is -0.356 e. The van der Waals surface area contributed by atoms with Crippen molar-refractivity contribution in [3.63, 3.8) is 0 Å². The predicted molar refractivity (Wildman–Crippen MR) is 88.4 cm³/mol. The van der Waals surface area contributed by atoms with Crippen molar-refractivity contribution in [1.29, 1.82) is 0 Å². The Labute approximate surface area is 136 Å². The van der Waals surface area contributed by atoms with Crippen molar-refractivity contribution in [2.75, 3.05) is 6.54 Å². The molecule has 1 atom stereocenters. The maximum Gasteiger partial charge on any atom is 0.216 e. The molecule has 5 nitrogen and oxygen atoms in total. The van der Waals surface area contributed by atoms with Gasteiger partial charge in [-0.2, -0.15) is 10.2 Å². The number of aliphatic hydroxyl groups is 1. The molecule has 1 aliphatic heterocycles. The first-order valence-electron chi connectivity index (χ1n) is 7.93. The van der Waals surface area contributed by atoms with Crippen molar-refractivity contribution in [3.8, 4) is 11.3 Å². The lowest BCUT2D eigenvalue weighted by atomic mass is 10.0. The van der Waals surface area contributed by atoms with Crippen LogP contribution in [0.2, 0.25) is 0 Å². The lowest BCUT2D eigenvalue weighted by Crippen LogP contribution is -2.44. The zero-order valence-corrected chi connectivity index (χ0v) is 13.9. The summed E-state index contributed by atoms with van der Waals surface area (Å²) in [6.07, 6.45) is -0.140. The van der Waals surface area contributed by atoms with Gasteiger partial charge in [0.15, 0.2) is 0 Å². The summed E-state index contributed by atoms with van der Waals surface area (Å²) < 4.78 is 5.65. The van der Waals surface area contributed by atoms with E-state index in [-0.39, 0.29) is 5.60 Å². The molecule has 5 heteroatoms. The molecule has 1 aromatic heterocycles. The monoisotopic (exact) mass is 313 g/mol. The van der Waals surface area contributed by atoms with E-state index < -0.39 is 6.41 Å². The first-order chi connectivity index (χ1) is 10.9. The van der Waals surface area contributed by atoms with Gasteiger partial charge < -0.3 is 9.84 Å². The van der Waals surface area contributed by atoms with Crippen molar-refractivity contribution in [3.05, 3.63) is 47.7 Å². The molecular formula is C18H23N3O2. The Balaban J connectivity index is 1.79. The van der Waals surface area contributed by atoms with E-state index in [1.165, 1.54) is 0 Å². The van der Waals surface area contributed by atoms with E-state index in [2.05, 4.69) is 16.3 Å². The molecule has 1 unspecified atom stereocenters. The number of aromatic nitrogens is 2. The van der Waals surface area contributed by atoms with Crippen molar-refractivity contribution in [2.45, 2.75) is 45.8 Å². The summed E-state index contributed by atoms with van der Waals surface area (Å²) in [5, 5.41) is 19.0. The van der Waals surface area contributed by atoms with Crippen molar-refractivity contribution < 1.29 is 9.84 Å². The third kappa shape index (κ3) is 3.93. The normalized spacial score (nSPS) is 16.9. The molecule has 122 valence electrons. The molecule has 0 spiro atoms. The minimum atomic E-state index is -0.906. The molecule has 2 heterocycles. The van der Waals surface area contributed by atoms with Crippen LogP contribution >= 0.6 is 0 Å². The van der Waals surface area contributed by atoms with E-state index in [0.717, 1.165) is 28.9 Å². The molecule has 0 amide bonds. The van der Waals surface area contributed by atoms with Gasteiger partial charge >= 0.3 is 0 Å². The number of benzene rings is 1. The lowest BCUT2D eigenvalue weighted by Gasteiger charge is -2.35. The van der Waals surface area contributed by atoms with E-state index in [4.69, 9.17) is 4.74 Å². The third-order valence-corrected chi connectivity index (χ3v) is 3.81. The number of nitrogens with zero attached hydrogens (tertiary/aromatic N) is 3. The van der Waals surface area contributed by atoms with Crippen molar-refractivity contribution in [1.82, 2.24) is 15.1 Å². The number of ether oxygens (including phenoxy) is 1. The highest BCUT2D eigenvalue weighted by Crippen LogP contribution is 2.24. The average molecular weight is 313 g/mol. The smallest absolute Gasteiger partial charge is 0.216 e. The molecule has 0 saturated heterocycles. The molecule has 0 radical (unpaired) electrons. The molecular weight excluding hydrogens is 290 g/mol. The molecule has 3 rings (SSSR count). The van der Waals surface area contributed by atoms with Gasteiger partial charge in [0.1, 0.15) is 0 Å². The first kappa shape index (κ1) is 16.1. The average Bonchev–Trinajstić information content (AvgIpc) is 2.53. The van der Waals surface area contributed by atoms with Crippen LogP contribution in [-0.2, 0) is 17.7 Å². The molecule has 0 bridgehead atoms. The lowest BCUT2D eigenvalue weighted by molar-refractivity contribution is -0.242. The summed E-state index contributed by atoms with van der Waals surface area (Å²) in [5.74, 6) is 0. The number of aliphatic hydroxyl groups excluding tert-OH is 1. The largest absolute Gasteiger partial charge is 0.356 e. The van der Waals surface area contributed by atoms with Crippen molar-refractivity contribution in [2.24, 2.45) is 0 Å². The van der Waals surface area contributed by atoms with E-state index in [9.17, 15) is 5.11 Å². The van der Waals surface area contributed by atoms with Gasteiger partial charge in [-0.25, -0.2) is 0 Å². The summed E-state index contributed by atoms with van der Waals surface area (Å²) in [7, 11) is 0. The third-order valence-electron chi connectivity index (χ3n) is 3.81. The Hall–Kier alpha value is -1.82. The van der Waals surface area contributed by atoms with Crippen LogP contribution in [-0.4, -0.2) is 38.8 Å². The SMILES string of the molecule is CC(C)(C)OC(O)N1CCc2nnc(-c3ccccc3)cc2C1. The van der Waals surface area contributed by atoms with Crippen LogP contribution < -0.4 is 0 Å². The van der Waals surface area contributed by atoms with E-state index in [1.807, 2.05) is 56.0 Å². The Bertz CT molecular complexity index is 668. The Morgan fingerprint density at radius 2 is 1.91 bits per heavy atom. The molecule has 1 aromatic carbocycles. The zero-order valence-electron chi connectivity index (χ0n) is 13.9. The highest BCUT2D eigenvalue weighted by atomic mass is 16.6. The second-order valence-corrected chi connectivity index (χ2v) is 6.84. The predicted octanol–water partition coefficient (Wildman–Crippen LogP) is 2.59. The molecule has 2 aromatic rings. The van der Waals surface area contributed by atoms with Gasteiger partial charge in [0.05, 0.1) is 17.0 Å². The molecule has 0 saturated carbocycles. The summed E-state index contributed by atoms with van der Waals surface area (Å²) in [6.45, 7) is 7.14. The maximum atomic E-state index is 10.3. The molecule has 23 heavy (non-hydrogen) atoms. The zero-order chi connectivity index (χ0) is 16.4. The Kier molecular flexibility index (Phi) is 4.43. The molecule has 1 aliphatic rings. The number of fused-ring (bicyclic) bond motifs is 1. The van der Waals surface area contributed by atoms with Gasteiger partial charge in [-0.3, -0.25) is 4.90 Å². The van der Waals surface area contributed by atoms with Crippen LogP contribution in [0.15, 0.2) is 36.4 Å². The van der Waals surface area contributed by atoms with Crippen LogP contribution in [0.3, 0.4) is 0 Å². The van der Waals surface area contributed by atoms with Crippen LogP contribution in [0.4, 0.5) is 0 Å². The summed E-state index contributed by atoms with van der Waals surface area (Å²) in [6, 6.07) is 12.1. The van der Waals surface area contributed by atoms with Gasteiger partial charge in [-0.1, -0.05) is 30.3 Å². The Morgan fingerprint density at radius 3 is 2.61 bits per heavy atom. The van der Waals surface area contributed by atoms with Gasteiger partial charge in [-0.05, 0) is 32.4 Å². The van der Waals surface area contributed by atoms with Crippen LogP contribution in [0.5, 0.6) is 0 Å². The molecule has 0 aliphatic carbocycles. The Morgan fingerprint density at radius 1 is 1.17 bits per heavy atom. The summed E-state index contributed by atoms with van der Waals surface area (Å²) >= 11 is 0. The van der Waals surface area contributed by atoms with E-state index in [1.54, 1.807) is 0 Å². The topological polar surface area (TPSA) is 58.5 Å². The highest BCUT2D eigenvalue weighted by Gasteiger charge is 2.27. The van der Waals surface area contributed by atoms with Crippen molar-refractivity contribution >= 4 is 0 Å². The number of rotatable bonds is 3. The number of hydrogen-bond acceptors (Lipinski definition) is 5. The first-order valence-corrected chi connectivity index (χ1v) is 7.93. The van der Waals surface area contributed by atoms with Gasteiger partial charge in [-0.15, -0.1) is 0 Å². The molecule has 1 N–H and O–H groups in total. The van der Waals surface area contributed by atoms with E-state index >= 15 is 0 Å². The fourth-order valence-corrected chi connectivity index (χ4v) is 2.68. The second-order valence-electron chi connectivity index (χ2n) is 6.84.